The van der Waals surface area contributed by atoms with Crippen LogP contribution in [0.2, 0.25) is 0 Å². The summed E-state index contributed by atoms with van der Waals surface area (Å²) in [6.07, 6.45) is -0.952. The Morgan fingerprint density at radius 2 is 1.48 bits per heavy atom. The summed E-state index contributed by atoms with van der Waals surface area (Å²) < 4.78 is 24.0. The van der Waals surface area contributed by atoms with Gasteiger partial charge >= 0.3 is 0 Å². The van der Waals surface area contributed by atoms with Gasteiger partial charge in [0.25, 0.3) is 0 Å². The number of aliphatic hydroxyl groups excluding tert-OH is 2. The average Bonchev–Trinajstić information content (AvgIpc) is 2.89. The van der Waals surface area contributed by atoms with Gasteiger partial charge in [-0.25, -0.2) is 8.42 Å². The zero-order chi connectivity index (χ0) is 17.9. The molecule has 0 bridgehead atoms. The van der Waals surface area contributed by atoms with Gasteiger partial charge < -0.3 is 10.2 Å². The van der Waals surface area contributed by atoms with Crippen LogP contribution in [0.5, 0.6) is 0 Å². The molecule has 2 aromatic rings. The monoisotopic (exact) mass is 361 g/mol. The molecule has 0 amide bonds. The maximum Gasteiger partial charge on any atom is 0.154 e. The van der Waals surface area contributed by atoms with E-state index in [1.54, 1.807) is 0 Å². The summed E-state index contributed by atoms with van der Waals surface area (Å²) >= 11 is 0. The summed E-state index contributed by atoms with van der Waals surface area (Å²) in [6.45, 7) is 0.172. The van der Waals surface area contributed by atoms with Crippen LogP contribution in [0.3, 0.4) is 0 Å². The first-order chi connectivity index (χ1) is 12.0. The van der Waals surface area contributed by atoms with E-state index < -0.39 is 22.0 Å². The van der Waals surface area contributed by atoms with Crippen molar-refractivity contribution in [1.82, 2.24) is 4.90 Å². The second-order valence-corrected chi connectivity index (χ2v) is 8.55. The van der Waals surface area contributed by atoms with Crippen LogP contribution >= 0.6 is 0 Å². The maximum absolute atomic E-state index is 12.0. The van der Waals surface area contributed by atoms with Crippen LogP contribution in [0.15, 0.2) is 60.7 Å². The van der Waals surface area contributed by atoms with Crippen LogP contribution in [0.25, 0.3) is 0 Å². The van der Waals surface area contributed by atoms with Crippen molar-refractivity contribution < 1.29 is 18.6 Å². The normalized spacial score (nSPS) is 22.6. The Kier molecular flexibility index (Phi) is 5.54. The van der Waals surface area contributed by atoms with Gasteiger partial charge in [0.2, 0.25) is 0 Å². The third kappa shape index (κ3) is 4.10. The van der Waals surface area contributed by atoms with Crippen molar-refractivity contribution in [3.63, 3.8) is 0 Å². The second kappa shape index (κ2) is 7.66. The van der Waals surface area contributed by atoms with E-state index >= 15 is 0 Å². The summed E-state index contributed by atoms with van der Waals surface area (Å²) in [4.78, 5) is 1.92. The van der Waals surface area contributed by atoms with E-state index in [1.165, 1.54) is 0 Å². The third-order valence-electron chi connectivity index (χ3n) is 4.64. The Bertz CT molecular complexity index is 740. The first-order valence-corrected chi connectivity index (χ1v) is 10.2. The van der Waals surface area contributed by atoms with Gasteiger partial charge in [-0.1, -0.05) is 60.7 Å². The summed E-state index contributed by atoms with van der Waals surface area (Å²) in [5.41, 5.74) is 2.00. The molecule has 0 spiro atoms. The van der Waals surface area contributed by atoms with Gasteiger partial charge in [0.1, 0.15) is 0 Å². The highest BCUT2D eigenvalue weighted by Gasteiger charge is 2.42. The lowest BCUT2D eigenvalue weighted by molar-refractivity contribution is 0.0513. The topological polar surface area (TPSA) is 77.8 Å². The smallest absolute Gasteiger partial charge is 0.154 e. The lowest BCUT2D eigenvalue weighted by Crippen LogP contribution is -2.46. The lowest BCUT2D eigenvalue weighted by Gasteiger charge is -2.37. The molecule has 0 unspecified atom stereocenters. The van der Waals surface area contributed by atoms with Crippen molar-refractivity contribution in [2.45, 2.75) is 18.2 Å². The van der Waals surface area contributed by atoms with Crippen LogP contribution < -0.4 is 0 Å². The maximum atomic E-state index is 12.0. The number of hydrogen-bond acceptors (Lipinski definition) is 5. The molecule has 1 aliphatic rings. The zero-order valence-corrected chi connectivity index (χ0v) is 14.7. The van der Waals surface area contributed by atoms with E-state index in [2.05, 4.69) is 0 Å². The molecule has 1 aliphatic heterocycles. The Labute approximate surface area is 148 Å². The first-order valence-electron chi connectivity index (χ1n) is 8.37. The number of benzene rings is 2. The molecule has 0 aliphatic carbocycles. The number of rotatable bonds is 6. The van der Waals surface area contributed by atoms with Gasteiger partial charge in [0, 0.05) is 6.54 Å². The fraction of sp³-hybridized carbons (Fsp3) is 0.368. The molecule has 1 fully saturated rings. The van der Waals surface area contributed by atoms with Crippen molar-refractivity contribution in [3.05, 3.63) is 71.8 Å². The molecule has 2 aromatic carbocycles. The fourth-order valence-electron chi connectivity index (χ4n) is 3.58. The summed E-state index contributed by atoms with van der Waals surface area (Å²) in [5, 5.41) is 19.9. The minimum absolute atomic E-state index is 0.0929. The molecule has 2 N–H and O–H groups in total. The summed E-state index contributed by atoms with van der Waals surface area (Å²) in [7, 11) is -3.28. The standard InChI is InChI=1S/C19H23NO4S/c21-12-11-20(17-13-25(23,24)14-18(17)22)19(15-7-3-1-4-8-15)16-9-5-2-6-10-16/h1-10,17-19,21-22H,11-14H2/t17-,18+/m0/s1. The van der Waals surface area contributed by atoms with E-state index in [4.69, 9.17) is 0 Å². The highest BCUT2D eigenvalue weighted by atomic mass is 32.2. The van der Waals surface area contributed by atoms with Crippen LogP contribution in [0.1, 0.15) is 17.2 Å². The van der Waals surface area contributed by atoms with Gasteiger partial charge in [0.15, 0.2) is 9.84 Å². The molecule has 25 heavy (non-hydrogen) atoms. The van der Waals surface area contributed by atoms with Gasteiger partial charge in [-0.05, 0) is 11.1 Å². The molecule has 2 atom stereocenters. The van der Waals surface area contributed by atoms with Crippen molar-refractivity contribution in [2.24, 2.45) is 0 Å². The largest absolute Gasteiger partial charge is 0.395 e. The molecule has 134 valence electrons. The summed E-state index contributed by atoms with van der Waals surface area (Å²) in [5.74, 6) is -0.319. The van der Waals surface area contributed by atoms with Crippen molar-refractivity contribution in [3.8, 4) is 0 Å². The van der Waals surface area contributed by atoms with Crippen LogP contribution in [-0.4, -0.2) is 60.3 Å². The predicted molar refractivity (Wildman–Crippen MR) is 97.0 cm³/mol. The molecule has 1 saturated heterocycles. The molecular formula is C19H23NO4S. The van der Waals surface area contributed by atoms with E-state index in [0.29, 0.717) is 0 Å². The number of hydrogen-bond donors (Lipinski definition) is 2. The second-order valence-electron chi connectivity index (χ2n) is 6.40. The van der Waals surface area contributed by atoms with E-state index in [1.807, 2.05) is 65.6 Å². The molecule has 3 rings (SSSR count). The Morgan fingerprint density at radius 3 is 1.88 bits per heavy atom. The Balaban J connectivity index is 2.05. The van der Waals surface area contributed by atoms with Crippen LogP contribution in [-0.2, 0) is 9.84 Å². The Hall–Kier alpha value is -1.73. The minimum atomic E-state index is -3.28. The van der Waals surface area contributed by atoms with Gasteiger partial charge in [-0.15, -0.1) is 0 Å². The van der Waals surface area contributed by atoms with Crippen molar-refractivity contribution in [2.75, 3.05) is 24.7 Å². The molecule has 0 radical (unpaired) electrons. The molecule has 1 heterocycles. The van der Waals surface area contributed by atoms with Crippen molar-refractivity contribution >= 4 is 9.84 Å². The Morgan fingerprint density at radius 1 is 0.960 bits per heavy atom. The van der Waals surface area contributed by atoms with Gasteiger partial charge in [-0.2, -0.15) is 0 Å². The minimum Gasteiger partial charge on any atom is -0.395 e. The van der Waals surface area contributed by atoms with E-state index in [9.17, 15) is 18.6 Å². The zero-order valence-electron chi connectivity index (χ0n) is 13.9. The van der Waals surface area contributed by atoms with E-state index in [-0.39, 0.29) is 30.7 Å². The third-order valence-corrected chi connectivity index (χ3v) is 6.34. The van der Waals surface area contributed by atoms with Gasteiger partial charge in [0.05, 0.1) is 36.3 Å². The van der Waals surface area contributed by atoms with Crippen LogP contribution in [0, 0.1) is 0 Å². The summed E-state index contributed by atoms with van der Waals surface area (Å²) in [6, 6.07) is 18.8. The number of sulfone groups is 1. The van der Waals surface area contributed by atoms with Gasteiger partial charge in [-0.3, -0.25) is 4.90 Å². The quantitative estimate of drug-likeness (QED) is 0.809. The van der Waals surface area contributed by atoms with E-state index in [0.717, 1.165) is 11.1 Å². The fourth-order valence-corrected chi connectivity index (χ4v) is 5.39. The SMILES string of the molecule is O=S1(=O)C[C@@H](O)[C@@H](N(CCO)C(c2ccccc2)c2ccccc2)C1. The first kappa shape index (κ1) is 18.1. The van der Waals surface area contributed by atoms with Crippen LogP contribution in [0.4, 0.5) is 0 Å². The average molecular weight is 361 g/mol. The molecule has 0 saturated carbocycles. The molecular weight excluding hydrogens is 338 g/mol. The lowest BCUT2D eigenvalue weighted by atomic mass is 9.95. The predicted octanol–water partition coefficient (Wildman–Crippen LogP) is 1.23. The highest BCUT2D eigenvalue weighted by Crippen LogP contribution is 2.33. The highest BCUT2D eigenvalue weighted by molar-refractivity contribution is 7.91. The molecule has 0 aromatic heterocycles. The van der Waals surface area contributed by atoms with Crippen molar-refractivity contribution in [1.29, 1.82) is 0 Å². The molecule has 5 nitrogen and oxygen atoms in total. The number of nitrogens with zero attached hydrogens (tertiary/aromatic N) is 1. The number of aliphatic hydroxyl groups is 2. The molecule has 6 heteroatoms.